The molecule has 0 aliphatic heterocycles. The van der Waals surface area contributed by atoms with Crippen LogP contribution in [-0.2, 0) is 20.1 Å². The zero-order chi connectivity index (χ0) is 19.1. The number of thioether (sulfide) groups is 1. The third-order valence-electron chi connectivity index (χ3n) is 4.03. The summed E-state index contributed by atoms with van der Waals surface area (Å²) in [5.41, 5.74) is 1.06. The second-order valence-electron chi connectivity index (χ2n) is 6.27. The average molecular weight is 386 g/mol. The molecule has 0 aliphatic carbocycles. The first-order valence-electron chi connectivity index (χ1n) is 8.74. The first-order chi connectivity index (χ1) is 13.1. The Balaban J connectivity index is 1.46. The molecule has 0 aliphatic rings. The van der Waals surface area contributed by atoms with Crippen molar-refractivity contribution in [2.45, 2.75) is 18.2 Å². The van der Waals surface area contributed by atoms with E-state index < -0.39 is 0 Å². The van der Waals surface area contributed by atoms with Gasteiger partial charge < -0.3 is 9.30 Å². The lowest BCUT2D eigenvalue weighted by molar-refractivity contribution is 0.305. The monoisotopic (exact) mass is 386 g/mol. The van der Waals surface area contributed by atoms with Crippen molar-refractivity contribution in [3.63, 3.8) is 0 Å². The summed E-state index contributed by atoms with van der Waals surface area (Å²) in [5.74, 6) is 2.35. The molecule has 0 N–H and O–H groups in total. The van der Waals surface area contributed by atoms with Crippen LogP contribution in [0.4, 0.5) is 4.39 Å². The number of hydrogen-bond acceptors (Lipinski definition) is 5. The van der Waals surface area contributed by atoms with Crippen molar-refractivity contribution in [1.82, 2.24) is 19.7 Å². The minimum atomic E-state index is -0.215. The molecule has 0 bridgehead atoms. The second kappa shape index (κ2) is 9.53. The van der Waals surface area contributed by atoms with E-state index in [-0.39, 0.29) is 5.82 Å². The van der Waals surface area contributed by atoms with Crippen LogP contribution < -0.4 is 4.74 Å². The van der Waals surface area contributed by atoms with E-state index in [0.717, 1.165) is 34.6 Å². The van der Waals surface area contributed by atoms with E-state index in [9.17, 15) is 4.39 Å². The van der Waals surface area contributed by atoms with Gasteiger partial charge in [0, 0.05) is 19.3 Å². The molecule has 0 saturated heterocycles. The highest BCUT2D eigenvalue weighted by Crippen LogP contribution is 2.17. The lowest BCUT2D eigenvalue weighted by atomic mass is 10.2. The van der Waals surface area contributed by atoms with E-state index in [0.29, 0.717) is 13.2 Å². The molecule has 7 heteroatoms. The van der Waals surface area contributed by atoms with Crippen LogP contribution >= 0.6 is 11.8 Å². The van der Waals surface area contributed by atoms with Gasteiger partial charge in [-0.1, -0.05) is 42.1 Å². The highest BCUT2D eigenvalue weighted by Gasteiger charge is 2.12. The Kier molecular flexibility index (Phi) is 6.84. The zero-order valence-electron chi connectivity index (χ0n) is 15.5. The molecule has 1 aromatic heterocycles. The largest absolute Gasteiger partial charge is 0.493 e. The fraction of sp³-hybridized carbons (Fsp3) is 0.300. The first kappa shape index (κ1) is 19.4. The summed E-state index contributed by atoms with van der Waals surface area (Å²) >= 11 is 1.62. The lowest BCUT2D eigenvalue weighted by Gasteiger charge is -2.16. The number of ether oxygens (including phenoxy) is 1. The van der Waals surface area contributed by atoms with Gasteiger partial charge in [-0.2, -0.15) is 0 Å². The molecule has 0 atom stereocenters. The van der Waals surface area contributed by atoms with Crippen LogP contribution in [0, 0.1) is 5.82 Å². The third kappa shape index (κ3) is 5.80. The first-order valence-corrected chi connectivity index (χ1v) is 9.72. The van der Waals surface area contributed by atoms with E-state index in [1.54, 1.807) is 23.9 Å². The number of nitrogens with zero attached hydrogens (tertiary/aromatic N) is 4. The molecule has 0 amide bonds. The number of halogens is 1. The molecule has 0 spiro atoms. The third-order valence-corrected chi connectivity index (χ3v) is 5.01. The molecule has 3 aromatic rings. The van der Waals surface area contributed by atoms with Crippen molar-refractivity contribution in [3.8, 4) is 5.75 Å². The van der Waals surface area contributed by atoms with E-state index in [1.165, 1.54) is 12.1 Å². The summed E-state index contributed by atoms with van der Waals surface area (Å²) in [7, 11) is 3.99. The van der Waals surface area contributed by atoms with Crippen LogP contribution in [0.25, 0.3) is 0 Å². The SMILES string of the molecule is CN(Cc1ccc(F)cc1)Cc1nnc(SCCOc2ccccc2)n1C. The van der Waals surface area contributed by atoms with Crippen molar-refractivity contribution < 1.29 is 9.13 Å². The molecule has 2 aromatic carbocycles. The Morgan fingerprint density at radius 2 is 1.78 bits per heavy atom. The average Bonchev–Trinajstić information content (AvgIpc) is 3.01. The van der Waals surface area contributed by atoms with Gasteiger partial charge in [-0.3, -0.25) is 4.90 Å². The molecule has 1 heterocycles. The summed E-state index contributed by atoms with van der Waals surface area (Å²) in [6, 6.07) is 16.3. The van der Waals surface area contributed by atoms with E-state index in [4.69, 9.17) is 4.74 Å². The van der Waals surface area contributed by atoms with E-state index in [1.807, 2.05) is 49.0 Å². The minimum absolute atomic E-state index is 0.215. The highest BCUT2D eigenvalue weighted by molar-refractivity contribution is 7.99. The molecule has 27 heavy (non-hydrogen) atoms. The minimum Gasteiger partial charge on any atom is -0.493 e. The van der Waals surface area contributed by atoms with Crippen molar-refractivity contribution in [1.29, 1.82) is 0 Å². The van der Waals surface area contributed by atoms with Crippen molar-refractivity contribution in [2.24, 2.45) is 7.05 Å². The van der Waals surface area contributed by atoms with Gasteiger partial charge in [0.25, 0.3) is 0 Å². The summed E-state index contributed by atoms with van der Waals surface area (Å²) in [6.45, 7) is 2.00. The molecule has 3 rings (SSSR count). The molecule has 142 valence electrons. The standard InChI is InChI=1S/C20H23FN4OS/c1-24(14-16-8-10-17(21)11-9-16)15-19-22-23-20(25(19)2)27-13-12-26-18-6-4-3-5-7-18/h3-11H,12-15H2,1-2H3. The van der Waals surface area contributed by atoms with Crippen LogP contribution in [0.3, 0.4) is 0 Å². The molecule has 0 radical (unpaired) electrons. The maximum Gasteiger partial charge on any atom is 0.191 e. The topological polar surface area (TPSA) is 43.2 Å². The second-order valence-corrected chi connectivity index (χ2v) is 7.33. The number of aromatic nitrogens is 3. The number of hydrogen-bond donors (Lipinski definition) is 0. The maximum absolute atomic E-state index is 13.0. The van der Waals surface area contributed by atoms with Gasteiger partial charge in [0.2, 0.25) is 0 Å². The Morgan fingerprint density at radius 3 is 2.52 bits per heavy atom. The van der Waals surface area contributed by atoms with Crippen LogP contribution in [0.1, 0.15) is 11.4 Å². The predicted molar refractivity (Wildman–Crippen MR) is 105 cm³/mol. The van der Waals surface area contributed by atoms with Gasteiger partial charge in [0.1, 0.15) is 17.4 Å². The van der Waals surface area contributed by atoms with Crippen molar-refractivity contribution in [3.05, 3.63) is 71.8 Å². The van der Waals surface area contributed by atoms with Gasteiger partial charge in [0.15, 0.2) is 5.16 Å². The zero-order valence-corrected chi connectivity index (χ0v) is 16.3. The maximum atomic E-state index is 13.0. The van der Waals surface area contributed by atoms with Gasteiger partial charge >= 0.3 is 0 Å². The van der Waals surface area contributed by atoms with E-state index in [2.05, 4.69) is 15.1 Å². The highest BCUT2D eigenvalue weighted by atomic mass is 32.2. The van der Waals surface area contributed by atoms with Gasteiger partial charge in [-0.15, -0.1) is 10.2 Å². The summed E-state index contributed by atoms with van der Waals surface area (Å²) in [6.07, 6.45) is 0. The molecule has 5 nitrogen and oxygen atoms in total. The Labute approximate surface area is 163 Å². The van der Waals surface area contributed by atoms with Gasteiger partial charge in [-0.25, -0.2) is 4.39 Å². The molecular formula is C20H23FN4OS. The van der Waals surface area contributed by atoms with Gasteiger partial charge in [0.05, 0.1) is 13.2 Å². The Morgan fingerprint density at radius 1 is 1.04 bits per heavy atom. The smallest absolute Gasteiger partial charge is 0.191 e. The van der Waals surface area contributed by atoms with Crippen LogP contribution in [0.5, 0.6) is 5.75 Å². The Hall–Kier alpha value is -2.38. The predicted octanol–water partition coefficient (Wildman–Crippen LogP) is 3.76. The summed E-state index contributed by atoms with van der Waals surface area (Å²) in [5, 5.41) is 9.45. The van der Waals surface area contributed by atoms with Crippen molar-refractivity contribution >= 4 is 11.8 Å². The van der Waals surface area contributed by atoms with Crippen molar-refractivity contribution in [2.75, 3.05) is 19.4 Å². The normalized spacial score (nSPS) is 11.1. The van der Waals surface area contributed by atoms with E-state index >= 15 is 0 Å². The number of para-hydroxylation sites is 1. The molecule has 0 saturated carbocycles. The quantitative estimate of drug-likeness (QED) is 0.414. The Bertz CT molecular complexity index is 839. The fourth-order valence-electron chi connectivity index (χ4n) is 2.62. The molecular weight excluding hydrogens is 363 g/mol. The van der Waals surface area contributed by atoms with Crippen LogP contribution in [-0.4, -0.2) is 39.1 Å². The van der Waals surface area contributed by atoms with Crippen LogP contribution in [0.2, 0.25) is 0 Å². The van der Waals surface area contributed by atoms with Crippen LogP contribution in [0.15, 0.2) is 59.8 Å². The summed E-state index contributed by atoms with van der Waals surface area (Å²) in [4.78, 5) is 2.13. The fourth-order valence-corrected chi connectivity index (χ4v) is 3.36. The summed E-state index contributed by atoms with van der Waals surface area (Å²) < 4.78 is 20.7. The lowest BCUT2D eigenvalue weighted by Crippen LogP contribution is -2.19. The number of benzene rings is 2. The molecule has 0 fully saturated rings. The molecule has 0 unspecified atom stereocenters. The van der Waals surface area contributed by atoms with Gasteiger partial charge in [-0.05, 0) is 36.9 Å². The number of rotatable bonds is 9.